The van der Waals surface area contributed by atoms with E-state index in [-0.39, 0.29) is 18.0 Å². The molecule has 0 aromatic rings. The minimum atomic E-state index is 0.0605. The zero-order valence-corrected chi connectivity index (χ0v) is 8.46. The first kappa shape index (κ1) is 9.71. The molecule has 0 bridgehead atoms. The van der Waals surface area contributed by atoms with Crippen LogP contribution in [0.1, 0.15) is 32.1 Å². The number of rotatable bonds is 2. The topological polar surface area (TPSA) is 41.1 Å². The molecule has 0 aromatic heterocycles. The Morgan fingerprint density at radius 2 is 2.29 bits per heavy atom. The highest BCUT2D eigenvalue weighted by Crippen LogP contribution is 2.11. The molecule has 2 aliphatic rings. The zero-order valence-electron chi connectivity index (χ0n) is 8.46. The Morgan fingerprint density at radius 3 is 2.93 bits per heavy atom. The van der Waals surface area contributed by atoms with Crippen molar-refractivity contribution in [1.82, 2.24) is 10.6 Å². The van der Waals surface area contributed by atoms with Gasteiger partial charge in [-0.3, -0.25) is 4.79 Å². The highest BCUT2D eigenvalue weighted by molar-refractivity contribution is 5.82. The monoisotopic (exact) mass is 194 g/mol. The largest absolute Gasteiger partial charge is 0.349 e. The first-order chi connectivity index (χ1) is 6.86. The van der Waals surface area contributed by atoms with Crippen LogP contribution in [-0.4, -0.2) is 24.5 Å². The van der Waals surface area contributed by atoms with Crippen molar-refractivity contribution in [3.63, 3.8) is 0 Å². The molecule has 0 saturated carbocycles. The van der Waals surface area contributed by atoms with E-state index in [1.54, 1.807) is 0 Å². The second-order valence-corrected chi connectivity index (χ2v) is 4.12. The maximum absolute atomic E-state index is 11.7. The summed E-state index contributed by atoms with van der Waals surface area (Å²) < 4.78 is 0. The van der Waals surface area contributed by atoms with Crippen molar-refractivity contribution in [3.05, 3.63) is 12.2 Å². The second-order valence-electron chi connectivity index (χ2n) is 4.12. The SMILES string of the molecule is O=C(NC1C=CCCC1)C1CCCN1. The molecule has 1 amide bonds. The Labute approximate surface area is 84.9 Å². The third-order valence-electron chi connectivity index (χ3n) is 2.96. The van der Waals surface area contributed by atoms with Crippen LogP contribution in [0.3, 0.4) is 0 Å². The van der Waals surface area contributed by atoms with Crippen molar-refractivity contribution in [2.75, 3.05) is 6.54 Å². The fourth-order valence-electron chi connectivity index (χ4n) is 2.12. The van der Waals surface area contributed by atoms with Crippen molar-refractivity contribution in [1.29, 1.82) is 0 Å². The molecule has 0 radical (unpaired) electrons. The van der Waals surface area contributed by atoms with Gasteiger partial charge in [-0.1, -0.05) is 12.2 Å². The lowest BCUT2D eigenvalue weighted by atomic mass is 10.0. The van der Waals surface area contributed by atoms with Gasteiger partial charge in [0.1, 0.15) is 0 Å². The smallest absolute Gasteiger partial charge is 0.237 e. The van der Waals surface area contributed by atoms with Gasteiger partial charge in [-0.2, -0.15) is 0 Å². The van der Waals surface area contributed by atoms with Gasteiger partial charge in [0.2, 0.25) is 5.91 Å². The van der Waals surface area contributed by atoms with Crippen molar-refractivity contribution in [3.8, 4) is 0 Å². The lowest BCUT2D eigenvalue weighted by Gasteiger charge is -2.20. The van der Waals surface area contributed by atoms with Crippen LogP contribution in [0.25, 0.3) is 0 Å². The van der Waals surface area contributed by atoms with Gasteiger partial charge in [0, 0.05) is 6.04 Å². The summed E-state index contributed by atoms with van der Waals surface area (Å²) in [5, 5.41) is 6.28. The number of carbonyl (C=O) groups excluding carboxylic acids is 1. The summed E-state index contributed by atoms with van der Waals surface area (Å²) in [6, 6.07) is 0.337. The molecule has 0 aromatic carbocycles. The normalized spacial score (nSPS) is 31.7. The summed E-state index contributed by atoms with van der Waals surface area (Å²) in [7, 11) is 0. The van der Waals surface area contributed by atoms with E-state index in [9.17, 15) is 4.79 Å². The second kappa shape index (κ2) is 4.60. The van der Waals surface area contributed by atoms with E-state index in [2.05, 4.69) is 22.8 Å². The van der Waals surface area contributed by atoms with Gasteiger partial charge in [0.25, 0.3) is 0 Å². The van der Waals surface area contributed by atoms with Crippen LogP contribution in [0, 0.1) is 0 Å². The summed E-state index contributed by atoms with van der Waals surface area (Å²) >= 11 is 0. The minimum absolute atomic E-state index is 0.0605. The fraction of sp³-hybridized carbons (Fsp3) is 0.727. The molecular weight excluding hydrogens is 176 g/mol. The van der Waals surface area contributed by atoms with E-state index in [0.29, 0.717) is 0 Å². The van der Waals surface area contributed by atoms with Gasteiger partial charge < -0.3 is 10.6 Å². The molecule has 0 spiro atoms. The average Bonchev–Trinajstić information content (AvgIpc) is 2.72. The molecule has 2 unspecified atom stereocenters. The molecule has 1 aliphatic carbocycles. The van der Waals surface area contributed by atoms with Gasteiger partial charge in [-0.05, 0) is 38.6 Å². The number of nitrogens with one attached hydrogen (secondary N) is 2. The van der Waals surface area contributed by atoms with E-state index in [0.717, 1.165) is 32.2 Å². The lowest BCUT2D eigenvalue weighted by molar-refractivity contribution is -0.123. The van der Waals surface area contributed by atoms with Crippen molar-refractivity contribution in [2.45, 2.75) is 44.2 Å². The Morgan fingerprint density at radius 1 is 1.36 bits per heavy atom. The Bertz CT molecular complexity index is 231. The van der Waals surface area contributed by atoms with Gasteiger partial charge >= 0.3 is 0 Å². The summed E-state index contributed by atoms with van der Waals surface area (Å²) in [4.78, 5) is 11.7. The first-order valence-corrected chi connectivity index (χ1v) is 5.57. The number of amides is 1. The van der Waals surface area contributed by atoms with E-state index in [1.165, 1.54) is 6.42 Å². The predicted molar refractivity (Wildman–Crippen MR) is 55.9 cm³/mol. The van der Waals surface area contributed by atoms with Crippen LogP contribution in [0.15, 0.2) is 12.2 Å². The van der Waals surface area contributed by atoms with Gasteiger partial charge in [0.05, 0.1) is 6.04 Å². The van der Waals surface area contributed by atoms with Crippen LogP contribution >= 0.6 is 0 Å². The quantitative estimate of drug-likeness (QED) is 0.643. The molecule has 1 saturated heterocycles. The van der Waals surface area contributed by atoms with Crippen molar-refractivity contribution < 1.29 is 4.79 Å². The molecule has 2 N–H and O–H groups in total. The molecule has 2 atom stereocenters. The Balaban J connectivity index is 1.80. The van der Waals surface area contributed by atoms with E-state index >= 15 is 0 Å². The molecule has 2 rings (SSSR count). The standard InChI is InChI=1S/C11H18N2O/c14-11(10-7-4-8-12-10)13-9-5-2-1-3-6-9/h2,5,9-10,12H,1,3-4,6-8H2,(H,13,14). The van der Waals surface area contributed by atoms with Crippen LogP contribution in [0.2, 0.25) is 0 Å². The molecule has 78 valence electrons. The molecule has 3 nitrogen and oxygen atoms in total. The zero-order chi connectivity index (χ0) is 9.80. The third kappa shape index (κ3) is 2.35. The lowest BCUT2D eigenvalue weighted by Crippen LogP contribution is -2.44. The van der Waals surface area contributed by atoms with E-state index in [1.807, 2.05) is 0 Å². The maximum Gasteiger partial charge on any atom is 0.237 e. The van der Waals surface area contributed by atoms with Crippen molar-refractivity contribution in [2.24, 2.45) is 0 Å². The number of hydrogen-bond donors (Lipinski definition) is 2. The van der Waals surface area contributed by atoms with Crippen LogP contribution in [-0.2, 0) is 4.79 Å². The summed E-state index contributed by atoms with van der Waals surface area (Å²) in [5.74, 6) is 0.180. The minimum Gasteiger partial charge on any atom is -0.349 e. The highest BCUT2D eigenvalue weighted by Gasteiger charge is 2.23. The molecule has 1 aliphatic heterocycles. The number of hydrogen-bond acceptors (Lipinski definition) is 2. The predicted octanol–water partition coefficient (Wildman–Crippen LogP) is 0.963. The molecule has 1 heterocycles. The van der Waals surface area contributed by atoms with Gasteiger partial charge in [0.15, 0.2) is 0 Å². The molecule has 3 heteroatoms. The van der Waals surface area contributed by atoms with Crippen molar-refractivity contribution >= 4 is 5.91 Å². The summed E-state index contributed by atoms with van der Waals surface area (Å²) in [6.07, 6.45) is 9.84. The molecule has 1 fully saturated rings. The Kier molecular flexibility index (Phi) is 3.19. The summed E-state index contributed by atoms with van der Waals surface area (Å²) in [6.45, 7) is 0.985. The average molecular weight is 194 g/mol. The number of carbonyl (C=O) groups is 1. The molecular formula is C11H18N2O. The van der Waals surface area contributed by atoms with E-state index < -0.39 is 0 Å². The Hall–Kier alpha value is -0.830. The maximum atomic E-state index is 11.7. The summed E-state index contributed by atoms with van der Waals surface area (Å²) in [5.41, 5.74) is 0. The molecule has 14 heavy (non-hydrogen) atoms. The fourth-order valence-corrected chi connectivity index (χ4v) is 2.12. The van der Waals surface area contributed by atoms with Crippen LogP contribution in [0.4, 0.5) is 0 Å². The first-order valence-electron chi connectivity index (χ1n) is 5.57. The van der Waals surface area contributed by atoms with Gasteiger partial charge in [-0.25, -0.2) is 0 Å². The van der Waals surface area contributed by atoms with Crippen LogP contribution in [0.5, 0.6) is 0 Å². The van der Waals surface area contributed by atoms with Crippen LogP contribution < -0.4 is 10.6 Å². The third-order valence-corrected chi connectivity index (χ3v) is 2.96. The van der Waals surface area contributed by atoms with E-state index in [4.69, 9.17) is 0 Å². The highest BCUT2D eigenvalue weighted by atomic mass is 16.2. The number of allylic oxidation sites excluding steroid dienone is 1. The van der Waals surface area contributed by atoms with Gasteiger partial charge in [-0.15, -0.1) is 0 Å².